The summed E-state index contributed by atoms with van der Waals surface area (Å²) in [7, 11) is 0. The Morgan fingerprint density at radius 2 is 1.71 bits per heavy atom. The molecule has 58 heavy (non-hydrogen) atoms. The topological polar surface area (TPSA) is 230 Å². The van der Waals surface area contributed by atoms with Crippen molar-refractivity contribution in [1.82, 2.24) is 25.0 Å². The molecule has 8 N–H and O–H groups in total. The highest BCUT2D eigenvalue weighted by Crippen LogP contribution is 2.41. The molecule has 18 heteroatoms. The number of nitrogens with one attached hydrogen (secondary N) is 2. The number of aliphatic hydroxyl groups excluding tert-OH is 1. The molecule has 0 saturated carbocycles. The van der Waals surface area contributed by atoms with Gasteiger partial charge in [-0.1, -0.05) is 51.1 Å². The van der Waals surface area contributed by atoms with Crippen LogP contribution in [-0.4, -0.2) is 116 Å². The largest absolute Gasteiger partial charge is 0.480 e. The molecule has 1 aliphatic heterocycles. The average Bonchev–Trinajstić information content (AvgIpc) is 3.70. The maximum atomic E-state index is 15.0. The predicted molar refractivity (Wildman–Crippen MR) is 213 cm³/mol. The first-order chi connectivity index (χ1) is 27.4. The fraction of sp³-hybridized carbons (Fsp3) is 0.450. The molecule has 2 heterocycles. The van der Waals surface area contributed by atoms with Crippen molar-refractivity contribution in [2.75, 3.05) is 38.5 Å². The van der Waals surface area contributed by atoms with Crippen LogP contribution >= 0.6 is 11.8 Å². The molecule has 0 radical (unpaired) electrons. The number of carboxylic acid groups (broad SMARTS) is 1. The van der Waals surface area contributed by atoms with Crippen molar-refractivity contribution in [1.29, 1.82) is 0 Å². The Balaban J connectivity index is 1.37. The zero-order valence-corrected chi connectivity index (χ0v) is 33.5. The van der Waals surface area contributed by atoms with Gasteiger partial charge in [0.15, 0.2) is 0 Å². The Kier molecular flexibility index (Phi) is 16.1. The summed E-state index contributed by atoms with van der Waals surface area (Å²) in [5.41, 5.74) is 13.0. The quantitative estimate of drug-likeness (QED) is 0.0903. The highest BCUT2D eigenvalue weighted by molar-refractivity contribution is 8.00. The van der Waals surface area contributed by atoms with Crippen molar-refractivity contribution in [3.8, 4) is 11.1 Å². The van der Waals surface area contributed by atoms with Crippen LogP contribution < -0.4 is 22.1 Å². The van der Waals surface area contributed by atoms with Gasteiger partial charge in [0.1, 0.15) is 24.3 Å². The molecule has 2 aromatic carbocycles. The number of amides is 5. The van der Waals surface area contributed by atoms with Crippen LogP contribution in [0.25, 0.3) is 11.1 Å². The number of carbonyl (C=O) groups excluding carboxylic acids is 5. The zero-order chi connectivity index (χ0) is 42.7. The van der Waals surface area contributed by atoms with Crippen LogP contribution in [0.5, 0.6) is 0 Å². The fourth-order valence-corrected chi connectivity index (χ4v) is 7.76. The molecule has 4 atom stereocenters. The van der Waals surface area contributed by atoms with E-state index in [-0.39, 0.29) is 56.8 Å². The highest BCUT2D eigenvalue weighted by Gasteiger charge is 2.39. The number of nitrogens with zero attached hydrogens (tertiary/aromatic N) is 3. The predicted octanol–water partition coefficient (Wildman–Crippen LogP) is 2.00. The summed E-state index contributed by atoms with van der Waals surface area (Å²) in [4.78, 5) is 77.3. The van der Waals surface area contributed by atoms with Crippen LogP contribution in [0.15, 0.2) is 60.8 Å². The van der Waals surface area contributed by atoms with E-state index in [1.54, 1.807) is 12.3 Å². The first kappa shape index (κ1) is 45.5. The summed E-state index contributed by atoms with van der Waals surface area (Å²) in [6.45, 7) is 4.92. The summed E-state index contributed by atoms with van der Waals surface area (Å²) in [5, 5.41) is 23.5. The first-order valence-corrected chi connectivity index (χ1v) is 19.8. The number of aliphatic carboxylic acids is 1. The third-order valence-corrected chi connectivity index (χ3v) is 10.9. The zero-order valence-electron chi connectivity index (χ0n) is 32.7. The average molecular weight is 828 g/mol. The van der Waals surface area contributed by atoms with Crippen molar-refractivity contribution >= 4 is 47.3 Å². The van der Waals surface area contributed by atoms with Crippen molar-refractivity contribution in [3.63, 3.8) is 0 Å². The summed E-state index contributed by atoms with van der Waals surface area (Å²) < 4.78 is 31.2. The first-order valence-electron chi connectivity index (χ1n) is 18.7. The third-order valence-electron chi connectivity index (χ3n) is 9.56. The van der Waals surface area contributed by atoms with Gasteiger partial charge in [-0.15, -0.1) is 11.8 Å². The maximum absolute atomic E-state index is 15.0. The number of halogens is 2. The second-order valence-corrected chi connectivity index (χ2v) is 16.3. The molecule has 0 aliphatic carbocycles. The molecular weight excluding hydrogens is 777 g/mol. The van der Waals surface area contributed by atoms with Gasteiger partial charge in [0.25, 0.3) is 0 Å². The van der Waals surface area contributed by atoms with E-state index in [9.17, 15) is 38.3 Å². The lowest BCUT2D eigenvalue weighted by Crippen LogP contribution is -2.48. The monoisotopic (exact) mass is 827 g/mol. The number of benzene rings is 2. The van der Waals surface area contributed by atoms with E-state index in [0.717, 1.165) is 40.4 Å². The minimum absolute atomic E-state index is 0.0272. The Bertz CT molecular complexity index is 1960. The van der Waals surface area contributed by atoms with Crippen molar-refractivity contribution in [3.05, 3.63) is 83.7 Å². The smallest absolute Gasteiger partial charge is 0.321 e. The van der Waals surface area contributed by atoms with Crippen LogP contribution in [0.1, 0.15) is 57.3 Å². The molecule has 1 aliphatic rings. The Labute approximate surface area is 339 Å². The van der Waals surface area contributed by atoms with Gasteiger partial charge in [-0.25, -0.2) is 8.78 Å². The van der Waals surface area contributed by atoms with Crippen LogP contribution in [0.4, 0.5) is 8.78 Å². The third kappa shape index (κ3) is 12.2. The number of carboxylic acids is 1. The minimum Gasteiger partial charge on any atom is -0.480 e. The van der Waals surface area contributed by atoms with Crippen LogP contribution in [0, 0.1) is 17.0 Å². The lowest BCUT2D eigenvalue weighted by Gasteiger charge is -2.41. The Morgan fingerprint density at radius 1 is 1.00 bits per heavy atom. The fourth-order valence-electron chi connectivity index (χ4n) is 6.64. The summed E-state index contributed by atoms with van der Waals surface area (Å²) in [5.74, 6) is -5.12. The van der Waals surface area contributed by atoms with Crippen molar-refractivity contribution in [2.24, 2.45) is 16.9 Å². The Hall–Kier alpha value is -5.17. The molecule has 5 amide bonds. The van der Waals surface area contributed by atoms with Gasteiger partial charge in [0, 0.05) is 74.3 Å². The number of nitrogens with two attached hydrogens (primary N) is 2. The molecule has 1 fully saturated rings. The van der Waals surface area contributed by atoms with E-state index >= 15 is 4.39 Å². The van der Waals surface area contributed by atoms with Gasteiger partial charge in [0.2, 0.25) is 29.5 Å². The second kappa shape index (κ2) is 20.5. The molecule has 4 unspecified atom stereocenters. The number of likely N-dealkylation sites (tertiary alicyclic amines) is 1. The standard InChI is InChI=1S/C40H51F2N7O8S/c1-40(2,3)36(31-17-25(27-18-26(41)9-10-28(27)42)21-47(31)20-24-7-5-4-6-8-24)48(35(53)22-50)15-12-29(43)37(54)46-13-11-33(51)45-14-16-49-34(52)19-32(38(49)55)58-23-30(44)39(56)57/h4-10,17-18,21,29-30,32,36,50H,11-16,19-20,22-23,43-44H2,1-3H3,(H,45,51)(H,46,54)(H,56,57). The summed E-state index contributed by atoms with van der Waals surface area (Å²) in [6.07, 6.45) is 1.43. The molecule has 314 valence electrons. The molecule has 4 rings (SSSR count). The van der Waals surface area contributed by atoms with Gasteiger partial charge in [0.05, 0.1) is 17.3 Å². The molecule has 3 aromatic rings. The van der Waals surface area contributed by atoms with Crippen LogP contribution in [-0.2, 0) is 35.3 Å². The number of carbonyl (C=O) groups is 6. The van der Waals surface area contributed by atoms with E-state index in [1.807, 2.05) is 55.7 Å². The molecular formula is C40H51F2N7O8S. The van der Waals surface area contributed by atoms with Crippen molar-refractivity contribution in [2.45, 2.75) is 70.0 Å². The number of rotatable bonds is 20. The minimum atomic E-state index is -1.21. The SMILES string of the molecule is CC(C)(C)C(c1cc(-c2cc(F)ccc2F)cn1Cc1ccccc1)N(CCC(N)C(=O)NCCC(=O)NCCN1C(=O)CC(SCC(N)C(=O)O)C1=O)C(=O)CO. The van der Waals surface area contributed by atoms with E-state index in [0.29, 0.717) is 17.8 Å². The summed E-state index contributed by atoms with van der Waals surface area (Å²) in [6, 6.07) is 11.3. The summed E-state index contributed by atoms with van der Waals surface area (Å²) >= 11 is 0.993. The molecule has 1 saturated heterocycles. The molecule has 0 bridgehead atoms. The van der Waals surface area contributed by atoms with E-state index < -0.39 is 82.5 Å². The molecule has 1 aromatic heterocycles. The van der Waals surface area contributed by atoms with Gasteiger partial charge < -0.3 is 41.8 Å². The van der Waals surface area contributed by atoms with E-state index in [1.165, 1.54) is 4.90 Å². The number of hydrogen-bond acceptors (Lipinski definition) is 10. The van der Waals surface area contributed by atoms with Gasteiger partial charge >= 0.3 is 5.97 Å². The Morgan fingerprint density at radius 3 is 2.36 bits per heavy atom. The second-order valence-electron chi connectivity index (χ2n) is 15.0. The lowest BCUT2D eigenvalue weighted by atomic mass is 9.82. The number of thioether (sulfide) groups is 1. The van der Waals surface area contributed by atoms with Crippen LogP contribution in [0.2, 0.25) is 0 Å². The number of aromatic nitrogens is 1. The van der Waals surface area contributed by atoms with E-state index in [4.69, 9.17) is 16.6 Å². The lowest BCUT2D eigenvalue weighted by molar-refractivity contribution is -0.140. The van der Waals surface area contributed by atoms with Crippen molar-refractivity contribution < 1.29 is 47.8 Å². The van der Waals surface area contributed by atoms with E-state index in [2.05, 4.69) is 10.6 Å². The normalized spacial score (nSPS) is 15.9. The molecule has 0 spiro atoms. The number of imide groups is 1. The maximum Gasteiger partial charge on any atom is 0.321 e. The highest BCUT2D eigenvalue weighted by atomic mass is 32.2. The van der Waals surface area contributed by atoms with Gasteiger partial charge in [-0.05, 0) is 41.7 Å². The van der Waals surface area contributed by atoms with Gasteiger partial charge in [-0.2, -0.15) is 0 Å². The molecule has 15 nitrogen and oxygen atoms in total. The van der Waals surface area contributed by atoms with Gasteiger partial charge in [-0.3, -0.25) is 33.7 Å². The number of hydrogen-bond donors (Lipinski definition) is 6. The van der Waals surface area contributed by atoms with Crippen LogP contribution in [0.3, 0.4) is 0 Å². The number of aliphatic hydroxyl groups is 1.